The Morgan fingerprint density at radius 3 is 2.43 bits per heavy atom. The number of nitrogens with zero attached hydrogens (tertiary/aromatic N) is 3. The minimum Gasteiger partial charge on any atom is -0.481 e. The molecule has 1 unspecified atom stereocenters. The fraction of sp³-hybridized carbons (Fsp3) is 0.286. The number of hydrogen-bond donors (Lipinski definition) is 2. The van der Waals surface area contributed by atoms with Crippen molar-refractivity contribution in [1.29, 1.82) is 0 Å². The molecule has 3 rings (SSSR count). The molecule has 2 aromatic carbocycles. The minimum atomic E-state index is -3.34. The van der Waals surface area contributed by atoms with Gasteiger partial charge < -0.3 is 10.3 Å². The van der Waals surface area contributed by atoms with Crippen LogP contribution in [-0.4, -0.2) is 51.4 Å². The lowest BCUT2D eigenvalue weighted by atomic mass is 10.1. The molecule has 0 saturated carbocycles. The number of para-hydroxylation sites is 1. The quantitative estimate of drug-likeness (QED) is 0.415. The van der Waals surface area contributed by atoms with Crippen molar-refractivity contribution in [3.05, 3.63) is 72.3 Å². The summed E-state index contributed by atoms with van der Waals surface area (Å²) < 4.78 is 23.3. The van der Waals surface area contributed by atoms with Crippen LogP contribution in [0.2, 0.25) is 0 Å². The van der Waals surface area contributed by atoms with Gasteiger partial charge in [0, 0.05) is 0 Å². The predicted molar refractivity (Wildman–Crippen MR) is 114 cm³/mol. The number of carboxylic acids is 1. The highest BCUT2D eigenvalue weighted by Gasteiger charge is 2.19. The maximum Gasteiger partial charge on any atom is 0.307 e. The van der Waals surface area contributed by atoms with Gasteiger partial charge in [-0.05, 0) is 35.8 Å². The van der Waals surface area contributed by atoms with Crippen LogP contribution in [0.25, 0.3) is 11.0 Å². The molecular formula is C21H25N3O5S. The molecule has 30 heavy (non-hydrogen) atoms. The van der Waals surface area contributed by atoms with Crippen LogP contribution < -0.4 is 0 Å². The second kappa shape index (κ2) is 11.1. The topological polar surface area (TPSA) is 122 Å². The van der Waals surface area contributed by atoms with Crippen LogP contribution in [0.5, 0.6) is 0 Å². The van der Waals surface area contributed by atoms with Gasteiger partial charge >= 0.3 is 5.97 Å². The monoisotopic (exact) mass is 431 g/mol. The largest absolute Gasteiger partial charge is 0.481 e. The van der Waals surface area contributed by atoms with E-state index in [0.29, 0.717) is 11.0 Å². The van der Waals surface area contributed by atoms with Crippen molar-refractivity contribution in [2.24, 2.45) is 5.92 Å². The number of allylic oxidation sites excluding steroid dienone is 1. The first-order chi connectivity index (χ1) is 14.3. The van der Waals surface area contributed by atoms with Gasteiger partial charge in [-0.1, -0.05) is 66.4 Å². The van der Waals surface area contributed by atoms with Crippen molar-refractivity contribution in [2.45, 2.75) is 19.8 Å². The van der Waals surface area contributed by atoms with E-state index in [1.54, 1.807) is 18.2 Å². The summed E-state index contributed by atoms with van der Waals surface area (Å²) in [6.45, 7) is 1.40. The summed E-state index contributed by atoms with van der Waals surface area (Å²) >= 11 is 0. The lowest BCUT2D eigenvalue weighted by Crippen LogP contribution is -2.22. The molecule has 9 heteroatoms. The number of sulfone groups is 1. The fourth-order valence-corrected chi connectivity index (χ4v) is 4.07. The summed E-state index contributed by atoms with van der Waals surface area (Å²) in [5, 5.41) is 24.8. The molecule has 0 aliphatic carbocycles. The number of fused-ring (bicyclic) bond motifs is 1. The second-order valence-corrected chi connectivity index (χ2v) is 8.93. The van der Waals surface area contributed by atoms with Crippen LogP contribution in [-0.2, 0) is 21.1 Å². The van der Waals surface area contributed by atoms with Gasteiger partial charge in [-0.3, -0.25) is 4.79 Å². The zero-order valence-corrected chi connectivity index (χ0v) is 17.4. The normalized spacial score (nSPS) is 12.4. The second-order valence-electron chi connectivity index (χ2n) is 6.78. The average Bonchev–Trinajstić information content (AvgIpc) is 3.10. The van der Waals surface area contributed by atoms with Crippen LogP contribution in [0.1, 0.15) is 18.9 Å². The van der Waals surface area contributed by atoms with Gasteiger partial charge in [0.25, 0.3) is 0 Å². The molecule has 1 aromatic heterocycles. The first-order valence-electron chi connectivity index (χ1n) is 9.40. The van der Waals surface area contributed by atoms with Crippen LogP contribution >= 0.6 is 0 Å². The van der Waals surface area contributed by atoms with Crippen LogP contribution in [0, 0.1) is 5.92 Å². The van der Waals surface area contributed by atoms with Gasteiger partial charge in [0.2, 0.25) is 0 Å². The smallest absolute Gasteiger partial charge is 0.307 e. The fourth-order valence-electron chi connectivity index (χ4n) is 2.60. The summed E-state index contributed by atoms with van der Waals surface area (Å²) in [6, 6.07) is 17.1. The Kier molecular flexibility index (Phi) is 8.54. The highest BCUT2D eigenvalue weighted by molar-refractivity contribution is 7.91. The molecule has 0 radical (unpaired) electrons. The number of hydrogen-bond acceptors (Lipinski definition) is 6. The Morgan fingerprint density at radius 2 is 1.77 bits per heavy atom. The van der Waals surface area contributed by atoms with E-state index in [1.165, 1.54) is 12.5 Å². The Bertz CT molecular complexity index is 1080. The maximum absolute atomic E-state index is 11.7. The highest BCUT2D eigenvalue weighted by atomic mass is 32.2. The van der Waals surface area contributed by atoms with Crippen LogP contribution in [0.3, 0.4) is 0 Å². The molecule has 2 N–H and O–H groups in total. The zero-order valence-electron chi connectivity index (χ0n) is 16.6. The van der Waals surface area contributed by atoms with Gasteiger partial charge in [0.15, 0.2) is 9.84 Å². The molecule has 1 atom stereocenters. The van der Waals surface area contributed by atoms with E-state index in [4.69, 9.17) is 10.3 Å². The van der Waals surface area contributed by atoms with Crippen molar-refractivity contribution in [3.63, 3.8) is 0 Å². The number of rotatable bonds is 8. The number of carbonyl (C=O) groups is 1. The average molecular weight is 432 g/mol. The van der Waals surface area contributed by atoms with Gasteiger partial charge in [-0.2, -0.15) is 0 Å². The number of aromatic nitrogens is 3. The molecule has 160 valence electrons. The summed E-state index contributed by atoms with van der Waals surface area (Å²) in [7, 11) is -3.34. The third kappa shape index (κ3) is 7.67. The molecule has 0 amide bonds. The molecule has 0 spiro atoms. The van der Waals surface area contributed by atoms with Crippen molar-refractivity contribution in [2.75, 3.05) is 11.5 Å². The molecule has 0 fully saturated rings. The molecule has 0 aliphatic rings. The zero-order chi connectivity index (χ0) is 22.0. The molecule has 0 aliphatic heterocycles. The third-order valence-electron chi connectivity index (χ3n) is 4.22. The van der Waals surface area contributed by atoms with Crippen molar-refractivity contribution < 1.29 is 23.5 Å². The molecule has 3 aromatic rings. The minimum absolute atomic E-state index is 0.0978. The third-order valence-corrected chi connectivity index (χ3v) is 5.93. The molecule has 0 bridgehead atoms. The van der Waals surface area contributed by atoms with Crippen molar-refractivity contribution >= 4 is 26.8 Å². The standard InChI is InChI=1S/C15H20O4S.C6H5N3O/c1-13(15(16)17)12-20(18,19)11-7-3-6-10-14-8-4-2-5-9-14;10-9-6-4-2-1-3-5(6)7-8-9/h2-5,7-9,13H,6,10-12H2,1H3,(H,16,17);1-4,10H. The van der Waals surface area contributed by atoms with E-state index in [1.807, 2.05) is 48.5 Å². The van der Waals surface area contributed by atoms with Gasteiger partial charge in [-0.15, -0.1) is 5.10 Å². The first-order valence-corrected chi connectivity index (χ1v) is 11.2. The predicted octanol–water partition coefficient (Wildman–Crippen LogP) is 2.98. The Hall–Kier alpha value is -3.20. The number of benzene rings is 2. The Balaban J connectivity index is 0.000000263. The molecule has 1 heterocycles. The summed E-state index contributed by atoms with van der Waals surface area (Å²) in [5.41, 5.74) is 2.53. The van der Waals surface area contributed by atoms with E-state index in [2.05, 4.69) is 10.3 Å². The summed E-state index contributed by atoms with van der Waals surface area (Å²) in [4.78, 5) is 11.4. The van der Waals surface area contributed by atoms with Gasteiger partial charge in [0.05, 0.1) is 17.4 Å². The van der Waals surface area contributed by atoms with Crippen molar-refractivity contribution in [3.8, 4) is 0 Å². The lowest BCUT2D eigenvalue weighted by molar-refractivity contribution is -0.140. The van der Waals surface area contributed by atoms with E-state index in [0.717, 1.165) is 17.7 Å². The Morgan fingerprint density at radius 1 is 1.10 bits per heavy atom. The maximum atomic E-state index is 11.7. The SMILES string of the molecule is CC(CS(=O)(=O)CC=CCCc1ccccc1)C(=O)O.On1nnc2ccccc21. The summed E-state index contributed by atoms with van der Waals surface area (Å²) in [6.07, 6.45) is 5.07. The van der Waals surface area contributed by atoms with E-state index >= 15 is 0 Å². The first kappa shape index (κ1) is 23.1. The number of aryl methyl sites for hydroxylation is 1. The Labute approximate surface area is 175 Å². The van der Waals surface area contributed by atoms with Gasteiger partial charge in [0.1, 0.15) is 11.0 Å². The molecule has 0 saturated heterocycles. The van der Waals surface area contributed by atoms with E-state index < -0.39 is 21.7 Å². The number of carboxylic acid groups (broad SMARTS) is 1. The lowest BCUT2D eigenvalue weighted by Gasteiger charge is -2.05. The van der Waals surface area contributed by atoms with Gasteiger partial charge in [-0.25, -0.2) is 8.42 Å². The molecular weight excluding hydrogens is 406 g/mol. The summed E-state index contributed by atoms with van der Waals surface area (Å²) in [5.74, 6) is -2.36. The van der Waals surface area contributed by atoms with E-state index in [-0.39, 0.29) is 11.5 Å². The highest BCUT2D eigenvalue weighted by Crippen LogP contribution is 2.07. The van der Waals surface area contributed by atoms with Crippen molar-refractivity contribution in [1.82, 2.24) is 15.2 Å². The number of aliphatic carboxylic acids is 1. The van der Waals surface area contributed by atoms with Crippen LogP contribution in [0.15, 0.2) is 66.7 Å². The van der Waals surface area contributed by atoms with Crippen LogP contribution in [0.4, 0.5) is 0 Å². The molecule has 8 nitrogen and oxygen atoms in total. The van der Waals surface area contributed by atoms with E-state index in [9.17, 15) is 13.2 Å².